The standard InChI is InChI=1S/C11H12Cl2O/c1-2-7-6-11(7,14)8-4-3-5-9(12)10(8)13/h3-5,7,14H,2,6H2,1H3. The Balaban J connectivity index is 2.39. The van der Waals surface area contributed by atoms with Gasteiger partial charge in [0.1, 0.15) is 0 Å². The van der Waals surface area contributed by atoms with Gasteiger partial charge in [-0.05, 0) is 18.4 Å². The first kappa shape index (κ1) is 10.3. The summed E-state index contributed by atoms with van der Waals surface area (Å²) in [5.41, 5.74) is 0.0509. The van der Waals surface area contributed by atoms with E-state index in [4.69, 9.17) is 23.2 Å². The molecule has 2 rings (SSSR count). The highest BCUT2D eigenvalue weighted by Gasteiger charge is 2.53. The first-order valence-corrected chi connectivity index (χ1v) is 5.52. The lowest BCUT2D eigenvalue weighted by Gasteiger charge is -2.13. The smallest absolute Gasteiger partial charge is 0.0944 e. The van der Waals surface area contributed by atoms with Gasteiger partial charge in [0.15, 0.2) is 0 Å². The molecule has 0 aliphatic heterocycles. The van der Waals surface area contributed by atoms with Gasteiger partial charge in [-0.2, -0.15) is 0 Å². The Labute approximate surface area is 93.7 Å². The molecule has 1 aromatic rings. The van der Waals surface area contributed by atoms with Crippen LogP contribution < -0.4 is 0 Å². The summed E-state index contributed by atoms with van der Waals surface area (Å²) >= 11 is 11.9. The Morgan fingerprint density at radius 3 is 2.79 bits per heavy atom. The largest absolute Gasteiger partial charge is 0.385 e. The molecule has 1 nitrogen and oxygen atoms in total. The Bertz CT molecular complexity index is 364. The van der Waals surface area contributed by atoms with Crippen LogP contribution in [0.25, 0.3) is 0 Å². The first-order chi connectivity index (χ1) is 6.59. The van der Waals surface area contributed by atoms with Crippen molar-refractivity contribution in [2.45, 2.75) is 25.4 Å². The van der Waals surface area contributed by atoms with Gasteiger partial charge in [-0.3, -0.25) is 0 Å². The summed E-state index contributed by atoms with van der Waals surface area (Å²) in [4.78, 5) is 0. The summed E-state index contributed by atoms with van der Waals surface area (Å²) in [5, 5.41) is 11.2. The van der Waals surface area contributed by atoms with E-state index in [1.165, 1.54) is 0 Å². The minimum Gasteiger partial charge on any atom is -0.385 e. The first-order valence-electron chi connectivity index (χ1n) is 4.76. The van der Waals surface area contributed by atoms with Crippen molar-refractivity contribution in [3.05, 3.63) is 33.8 Å². The quantitative estimate of drug-likeness (QED) is 0.824. The van der Waals surface area contributed by atoms with Crippen LogP contribution in [-0.4, -0.2) is 5.11 Å². The summed E-state index contributed by atoms with van der Waals surface area (Å²) in [7, 11) is 0. The molecule has 76 valence electrons. The molecular weight excluding hydrogens is 219 g/mol. The lowest BCUT2D eigenvalue weighted by molar-refractivity contribution is 0.130. The van der Waals surface area contributed by atoms with Crippen molar-refractivity contribution >= 4 is 23.2 Å². The highest BCUT2D eigenvalue weighted by molar-refractivity contribution is 6.42. The molecule has 2 unspecified atom stereocenters. The van der Waals surface area contributed by atoms with E-state index in [0.717, 1.165) is 18.4 Å². The van der Waals surface area contributed by atoms with Gasteiger partial charge < -0.3 is 5.11 Å². The van der Waals surface area contributed by atoms with Crippen molar-refractivity contribution < 1.29 is 5.11 Å². The van der Waals surface area contributed by atoms with Gasteiger partial charge in [0.05, 0.1) is 15.6 Å². The van der Waals surface area contributed by atoms with Gasteiger partial charge in [-0.1, -0.05) is 48.7 Å². The van der Waals surface area contributed by atoms with Crippen molar-refractivity contribution in [2.75, 3.05) is 0 Å². The van der Waals surface area contributed by atoms with Crippen LogP contribution in [-0.2, 0) is 5.60 Å². The maximum absolute atomic E-state index is 10.2. The number of rotatable bonds is 2. The number of benzene rings is 1. The third-order valence-electron chi connectivity index (χ3n) is 2.98. The summed E-state index contributed by atoms with van der Waals surface area (Å²) in [6, 6.07) is 5.41. The van der Waals surface area contributed by atoms with Crippen LogP contribution in [0.2, 0.25) is 10.0 Å². The molecule has 1 aliphatic carbocycles. The van der Waals surface area contributed by atoms with E-state index in [-0.39, 0.29) is 0 Å². The number of hydrogen-bond donors (Lipinski definition) is 1. The minimum atomic E-state index is -0.725. The third-order valence-corrected chi connectivity index (χ3v) is 3.80. The van der Waals surface area contributed by atoms with E-state index in [1.807, 2.05) is 12.1 Å². The maximum atomic E-state index is 10.2. The predicted octanol–water partition coefficient (Wildman–Crippen LogP) is 3.61. The zero-order valence-electron chi connectivity index (χ0n) is 7.93. The predicted molar refractivity (Wildman–Crippen MR) is 58.8 cm³/mol. The molecule has 1 N–H and O–H groups in total. The summed E-state index contributed by atoms with van der Waals surface area (Å²) in [5.74, 6) is 0.332. The second-order valence-corrected chi connectivity index (χ2v) is 4.62. The lowest BCUT2D eigenvalue weighted by Crippen LogP contribution is -2.09. The molecule has 1 fully saturated rings. The van der Waals surface area contributed by atoms with Gasteiger partial charge >= 0.3 is 0 Å². The second-order valence-electron chi connectivity index (χ2n) is 3.83. The molecule has 1 aliphatic rings. The Morgan fingerprint density at radius 2 is 2.21 bits per heavy atom. The zero-order chi connectivity index (χ0) is 10.3. The summed E-state index contributed by atoms with van der Waals surface area (Å²) in [6.07, 6.45) is 1.77. The van der Waals surface area contributed by atoms with Crippen molar-refractivity contribution in [1.29, 1.82) is 0 Å². The molecule has 14 heavy (non-hydrogen) atoms. The van der Waals surface area contributed by atoms with Crippen molar-refractivity contribution in [3.8, 4) is 0 Å². The van der Waals surface area contributed by atoms with Gasteiger partial charge in [0.25, 0.3) is 0 Å². The molecule has 0 aromatic heterocycles. The molecule has 3 heteroatoms. The summed E-state index contributed by atoms with van der Waals surface area (Å²) in [6.45, 7) is 2.07. The second kappa shape index (κ2) is 3.41. The molecule has 0 amide bonds. The van der Waals surface area contributed by atoms with E-state index < -0.39 is 5.60 Å². The fourth-order valence-electron chi connectivity index (χ4n) is 1.97. The van der Waals surface area contributed by atoms with Gasteiger partial charge in [-0.15, -0.1) is 0 Å². The van der Waals surface area contributed by atoms with E-state index in [9.17, 15) is 5.11 Å². The Kier molecular flexibility index (Phi) is 2.50. The normalized spacial score (nSPS) is 30.4. The monoisotopic (exact) mass is 230 g/mol. The van der Waals surface area contributed by atoms with E-state index in [0.29, 0.717) is 16.0 Å². The van der Waals surface area contributed by atoms with Gasteiger partial charge in [0.2, 0.25) is 0 Å². The number of aliphatic hydroxyl groups is 1. The molecule has 0 heterocycles. The SMILES string of the molecule is CCC1CC1(O)c1cccc(Cl)c1Cl. The fraction of sp³-hybridized carbons (Fsp3) is 0.455. The topological polar surface area (TPSA) is 20.2 Å². The highest BCUT2D eigenvalue weighted by atomic mass is 35.5. The lowest BCUT2D eigenvalue weighted by atomic mass is 10.0. The molecule has 1 aromatic carbocycles. The van der Waals surface area contributed by atoms with E-state index in [2.05, 4.69) is 6.92 Å². The average Bonchev–Trinajstić information content (AvgIpc) is 2.83. The van der Waals surface area contributed by atoms with E-state index >= 15 is 0 Å². The van der Waals surface area contributed by atoms with Crippen LogP contribution >= 0.6 is 23.2 Å². The molecule has 1 saturated carbocycles. The van der Waals surface area contributed by atoms with Crippen molar-refractivity contribution in [1.82, 2.24) is 0 Å². The minimum absolute atomic E-state index is 0.332. The zero-order valence-corrected chi connectivity index (χ0v) is 9.44. The van der Waals surface area contributed by atoms with Crippen LogP contribution in [0, 0.1) is 5.92 Å². The fourth-order valence-corrected chi connectivity index (χ4v) is 2.43. The molecule has 0 spiro atoms. The molecule has 0 saturated heterocycles. The average molecular weight is 231 g/mol. The van der Waals surface area contributed by atoms with Gasteiger partial charge in [-0.25, -0.2) is 0 Å². The number of halogens is 2. The van der Waals surface area contributed by atoms with Crippen LogP contribution in [0.1, 0.15) is 25.3 Å². The molecule has 0 bridgehead atoms. The van der Waals surface area contributed by atoms with E-state index in [1.54, 1.807) is 6.07 Å². The molecular formula is C11H12Cl2O. The molecule has 2 atom stereocenters. The highest BCUT2D eigenvalue weighted by Crippen LogP contribution is 2.55. The van der Waals surface area contributed by atoms with Crippen molar-refractivity contribution in [2.24, 2.45) is 5.92 Å². The van der Waals surface area contributed by atoms with Crippen LogP contribution in [0.3, 0.4) is 0 Å². The Hall–Kier alpha value is -0.240. The van der Waals surface area contributed by atoms with Gasteiger partial charge in [0, 0.05) is 5.56 Å². The Morgan fingerprint density at radius 1 is 1.50 bits per heavy atom. The van der Waals surface area contributed by atoms with Crippen LogP contribution in [0.15, 0.2) is 18.2 Å². The van der Waals surface area contributed by atoms with Crippen LogP contribution in [0.5, 0.6) is 0 Å². The maximum Gasteiger partial charge on any atom is 0.0944 e. The third kappa shape index (κ3) is 1.44. The molecule has 0 radical (unpaired) electrons. The summed E-state index contributed by atoms with van der Waals surface area (Å²) < 4.78 is 0. The van der Waals surface area contributed by atoms with Crippen LogP contribution in [0.4, 0.5) is 0 Å². The number of hydrogen-bond acceptors (Lipinski definition) is 1. The van der Waals surface area contributed by atoms with Crippen molar-refractivity contribution in [3.63, 3.8) is 0 Å².